The second-order valence-corrected chi connectivity index (χ2v) is 3.86. The van der Waals surface area contributed by atoms with Gasteiger partial charge in [0.2, 0.25) is 0 Å². The van der Waals surface area contributed by atoms with E-state index in [1.54, 1.807) is 6.92 Å². The zero-order valence-corrected chi connectivity index (χ0v) is 10.1. The Hall–Kier alpha value is -2.50. The summed E-state index contributed by atoms with van der Waals surface area (Å²) < 4.78 is 14.1. The molecule has 0 spiro atoms. The van der Waals surface area contributed by atoms with E-state index >= 15 is 0 Å². The molecule has 0 amide bonds. The molecule has 19 heavy (non-hydrogen) atoms. The van der Waals surface area contributed by atoms with Crippen molar-refractivity contribution in [1.29, 1.82) is 0 Å². The van der Waals surface area contributed by atoms with Crippen molar-refractivity contribution in [2.24, 2.45) is 0 Å². The molecule has 1 heterocycles. The van der Waals surface area contributed by atoms with Gasteiger partial charge in [0, 0.05) is 12.6 Å². The highest BCUT2D eigenvalue weighted by molar-refractivity contribution is 5.86. The fraction of sp³-hybridized carbons (Fsp3) is 0.154. The topological polar surface area (TPSA) is 72.2 Å². The molecule has 1 N–H and O–H groups in total. The van der Waals surface area contributed by atoms with Crippen molar-refractivity contribution < 1.29 is 14.3 Å². The van der Waals surface area contributed by atoms with E-state index in [1.165, 1.54) is 28.8 Å². The van der Waals surface area contributed by atoms with Crippen LogP contribution in [0.3, 0.4) is 0 Å². The summed E-state index contributed by atoms with van der Waals surface area (Å²) in [6, 6.07) is 5.22. The van der Waals surface area contributed by atoms with Crippen LogP contribution in [0.25, 0.3) is 5.69 Å². The Morgan fingerprint density at radius 2 is 2.00 bits per heavy atom. The zero-order chi connectivity index (χ0) is 14.0. The second-order valence-electron chi connectivity index (χ2n) is 3.86. The Morgan fingerprint density at radius 1 is 1.37 bits per heavy atom. The largest absolute Gasteiger partial charge is 0.477 e. The molecule has 1 aromatic carbocycles. The molecule has 6 heteroatoms. The molecule has 0 radical (unpaired) electrons. The normalized spacial score (nSPS) is 10.4. The maximum absolute atomic E-state index is 12.9. The second kappa shape index (κ2) is 5.01. The first-order valence-electron chi connectivity index (χ1n) is 5.64. The molecular weight excluding hydrogens is 251 g/mol. The lowest BCUT2D eigenvalue weighted by atomic mass is 10.2. The van der Waals surface area contributed by atoms with Gasteiger partial charge in [-0.15, -0.1) is 0 Å². The molecule has 1 aromatic heterocycles. The van der Waals surface area contributed by atoms with Crippen LogP contribution in [0.5, 0.6) is 0 Å². The minimum Gasteiger partial charge on any atom is -0.477 e. The molecule has 2 aromatic rings. The Labute approximate surface area is 108 Å². The maximum atomic E-state index is 12.9. The van der Waals surface area contributed by atoms with Crippen LogP contribution in [0, 0.1) is 5.82 Å². The molecule has 0 aliphatic heterocycles. The minimum absolute atomic E-state index is 0.388. The number of hydrogen-bond acceptors (Lipinski definition) is 3. The van der Waals surface area contributed by atoms with Crippen LogP contribution in [0.4, 0.5) is 4.39 Å². The average Bonchev–Trinajstić information content (AvgIpc) is 2.39. The van der Waals surface area contributed by atoms with Gasteiger partial charge in [-0.2, -0.15) is 0 Å². The van der Waals surface area contributed by atoms with Gasteiger partial charge in [-0.3, -0.25) is 9.36 Å². The first kappa shape index (κ1) is 12.9. The zero-order valence-electron chi connectivity index (χ0n) is 10.1. The van der Waals surface area contributed by atoms with E-state index in [2.05, 4.69) is 4.98 Å². The van der Waals surface area contributed by atoms with E-state index in [0.29, 0.717) is 17.9 Å². The molecule has 2 rings (SSSR count). The SMILES string of the molecule is CCc1ncc(C(=O)O)c(=O)n1-c1ccc(F)cc1. The smallest absolute Gasteiger partial charge is 0.342 e. The van der Waals surface area contributed by atoms with Crippen LogP contribution in [0.2, 0.25) is 0 Å². The molecular formula is C13H11FN2O3. The molecule has 0 saturated carbocycles. The lowest BCUT2D eigenvalue weighted by molar-refractivity contribution is 0.0694. The number of halogens is 1. The highest BCUT2D eigenvalue weighted by Crippen LogP contribution is 2.10. The van der Waals surface area contributed by atoms with Crippen molar-refractivity contribution >= 4 is 5.97 Å². The highest BCUT2D eigenvalue weighted by atomic mass is 19.1. The molecule has 5 nitrogen and oxygen atoms in total. The Morgan fingerprint density at radius 3 is 2.53 bits per heavy atom. The summed E-state index contributed by atoms with van der Waals surface area (Å²) in [4.78, 5) is 27.0. The number of carboxylic acids is 1. The maximum Gasteiger partial charge on any atom is 0.342 e. The summed E-state index contributed by atoms with van der Waals surface area (Å²) in [5.74, 6) is -1.35. The van der Waals surface area contributed by atoms with Crippen molar-refractivity contribution in [3.63, 3.8) is 0 Å². The first-order valence-corrected chi connectivity index (χ1v) is 5.64. The Bertz CT molecular complexity index is 677. The van der Waals surface area contributed by atoms with Gasteiger partial charge in [0.15, 0.2) is 0 Å². The number of aromatic carboxylic acids is 1. The first-order chi connectivity index (χ1) is 9.04. The number of aromatic nitrogens is 2. The molecule has 0 atom stereocenters. The van der Waals surface area contributed by atoms with Gasteiger partial charge in [0.05, 0.1) is 5.69 Å². The molecule has 98 valence electrons. The van der Waals surface area contributed by atoms with Crippen molar-refractivity contribution in [3.8, 4) is 5.69 Å². The summed E-state index contributed by atoms with van der Waals surface area (Å²) in [7, 11) is 0. The lowest BCUT2D eigenvalue weighted by Crippen LogP contribution is -2.28. The predicted molar refractivity (Wildman–Crippen MR) is 66.1 cm³/mol. The molecule has 0 saturated heterocycles. The van der Waals surface area contributed by atoms with E-state index in [0.717, 1.165) is 6.20 Å². The van der Waals surface area contributed by atoms with Crippen LogP contribution in [0.1, 0.15) is 23.1 Å². The van der Waals surface area contributed by atoms with Crippen molar-refractivity contribution in [2.75, 3.05) is 0 Å². The van der Waals surface area contributed by atoms with Crippen LogP contribution < -0.4 is 5.56 Å². The van der Waals surface area contributed by atoms with Crippen LogP contribution in [-0.4, -0.2) is 20.6 Å². The summed E-state index contributed by atoms with van der Waals surface area (Å²) in [5.41, 5.74) is -0.702. The fourth-order valence-electron chi connectivity index (χ4n) is 1.74. The van der Waals surface area contributed by atoms with Gasteiger partial charge in [0.25, 0.3) is 5.56 Å². The van der Waals surface area contributed by atoms with Gasteiger partial charge in [-0.05, 0) is 24.3 Å². The summed E-state index contributed by atoms with van der Waals surface area (Å²) in [6.45, 7) is 1.79. The van der Waals surface area contributed by atoms with E-state index in [1.807, 2.05) is 0 Å². The summed E-state index contributed by atoms with van der Waals surface area (Å²) >= 11 is 0. The van der Waals surface area contributed by atoms with Crippen LogP contribution in [0.15, 0.2) is 35.3 Å². The third kappa shape index (κ3) is 2.37. The average molecular weight is 262 g/mol. The van der Waals surface area contributed by atoms with Gasteiger partial charge >= 0.3 is 5.97 Å². The van der Waals surface area contributed by atoms with E-state index < -0.39 is 22.9 Å². The molecule has 0 aliphatic carbocycles. The molecule has 0 bridgehead atoms. The van der Waals surface area contributed by atoms with Gasteiger partial charge < -0.3 is 5.11 Å². The third-order valence-electron chi connectivity index (χ3n) is 2.67. The lowest BCUT2D eigenvalue weighted by Gasteiger charge is -2.11. The number of carbonyl (C=O) groups is 1. The molecule has 0 unspecified atom stereocenters. The number of benzene rings is 1. The molecule has 0 aliphatic rings. The van der Waals surface area contributed by atoms with Crippen molar-refractivity contribution in [3.05, 3.63) is 58.0 Å². The molecule has 0 fully saturated rings. The third-order valence-corrected chi connectivity index (χ3v) is 2.67. The predicted octanol–water partition coefficient (Wildman–Crippen LogP) is 1.63. The van der Waals surface area contributed by atoms with E-state index in [-0.39, 0.29) is 0 Å². The van der Waals surface area contributed by atoms with Crippen molar-refractivity contribution in [2.45, 2.75) is 13.3 Å². The number of nitrogens with zero attached hydrogens (tertiary/aromatic N) is 2. The minimum atomic E-state index is -1.34. The summed E-state index contributed by atoms with van der Waals surface area (Å²) in [6.07, 6.45) is 1.50. The van der Waals surface area contributed by atoms with Crippen LogP contribution >= 0.6 is 0 Å². The van der Waals surface area contributed by atoms with Crippen LogP contribution in [-0.2, 0) is 6.42 Å². The number of hydrogen-bond donors (Lipinski definition) is 1. The summed E-state index contributed by atoms with van der Waals surface area (Å²) in [5, 5.41) is 8.93. The van der Waals surface area contributed by atoms with Crippen molar-refractivity contribution in [1.82, 2.24) is 9.55 Å². The Balaban J connectivity index is 2.73. The van der Waals surface area contributed by atoms with E-state index in [9.17, 15) is 14.0 Å². The number of rotatable bonds is 3. The number of aryl methyl sites for hydroxylation is 1. The van der Waals surface area contributed by atoms with Gasteiger partial charge in [-0.25, -0.2) is 14.2 Å². The Kier molecular flexibility index (Phi) is 3.41. The quantitative estimate of drug-likeness (QED) is 0.912. The van der Waals surface area contributed by atoms with Gasteiger partial charge in [0.1, 0.15) is 17.2 Å². The highest BCUT2D eigenvalue weighted by Gasteiger charge is 2.15. The standard InChI is InChI=1S/C13H11FN2O3/c1-2-11-15-7-10(13(18)19)12(17)16(11)9-5-3-8(14)4-6-9/h3-7H,2H2,1H3,(H,18,19). The number of carboxylic acid groups (broad SMARTS) is 1. The fourth-order valence-corrected chi connectivity index (χ4v) is 1.74. The monoisotopic (exact) mass is 262 g/mol. The van der Waals surface area contributed by atoms with E-state index in [4.69, 9.17) is 5.11 Å². The van der Waals surface area contributed by atoms with Gasteiger partial charge in [-0.1, -0.05) is 6.92 Å².